The average molecular weight is 281 g/mol. The summed E-state index contributed by atoms with van der Waals surface area (Å²) in [5, 5.41) is 4.29. The highest BCUT2D eigenvalue weighted by Crippen LogP contribution is 2.36. The Kier molecular flexibility index (Phi) is 5.71. The molecule has 1 aromatic rings. The van der Waals surface area contributed by atoms with Crippen LogP contribution in [0.4, 0.5) is 4.39 Å². The molecule has 3 atom stereocenters. The lowest BCUT2D eigenvalue weighted by molar-refractivity contribution is 0.317. The molecule has 1 nitrogen and oxygen atoms in total. The summed E-state index contributed by atoms with van der Waals surface area (Å²) in [6.07, 6.45) is 5.02. The minimum atomic E-state index is -0.151. The van der Waals surface area contributed by atoms with E-state index in [4.69, 9.17) is 0 Å². The monoisotopic (exact) mass is 281 g/mol. The lowest BCUT2D eigenvalue weighted by Crippen LogP contribution is -2.42. The van der Waals surface area contributed by atoms with Gasteiger partial charge >= 0.3 is 0 Å². The van der Waals surface area contributed by atoms with Crippen molar-refractivity contribution in [3.05, 3.63) is 30.1 Å². The van der Waals surface area contributed by atoms with Crippen LogP contribution in [0.25, 0.3) is 0 Å². The van der Waals surface area contributed by atoms with Crippen molar-refractivity contribution in [2.75, 3.05) is 6.54 Å². The van der Waals surface area contributed by atoms with E-state index >= 15 is 0 Å². The molecule has 0 saturated heterocycles. The quantitative estimate of drug-likeness (QED) is 0.854. The van der Waals surface area contributed by atoms with E-state index in [1.807, 2.05) is 23.9 Å². The molecule has 0 bridgehead atoms. The van der Waals surface area contributed by atoms with E-state index in [-0.39, 0.29) is 5.82 Å². The molecule has 2 rings (SSSR count). The molecule has 1 N–H and O–H groups in total. The second-order valence-corrected chi connectivity index (χ2v) is 6.90. The van der Waals surface area contributed by atoms with E-state index in [1.54, 1.807) is 12.1 Å². The third-order valence-corrected chi connectivity index (χ3v) is 5.18. The highest BCUT2D eigenvalue weighted by Gasteiger charge is 2.28. The van der Waals surface area contributed by atoms with Gasteiger partial charge in [-0.05, 0) is 62.4 Å². The molecule has 0 radical (unpaired) electrons. The molecule has 1 aromatic carbocycles. The molecule has 3 heteroatoms. The Morgan fingerprint density at radius 3 is 2.68 bits per heavy atom. The Bertz CT molecular complexity index is 377. The molecule has 0 amide bonds. The van der Waals surface area contributed by atoms with Gasteiger partial charge in [0.1, 0.15) is 5.82 Å². The zero-order valence-electron chi connectivity index (χ0n) is 11.9. The maximum atomic E-state index is 12.9. The molecule has 3 unspecified atom stereocenters. The third-order valence-electron chi connectivity index (χ3n) is 3.81. The molecule has 19 heavy (non-hydrogen) atoms. The molecule has 1 aliphatic rings. The van der Waals surface area contributed by atoms with Crippen molar-refractivity contribution in [2.24, 2.45) is 5.92 Å². The number of hydrogen-bond acceptors (Lipinski definition) is 2. The van der Waals surface area contributed by atoms with Gasteiger partial charge in [0.15, 0.2) is 0 Å². The normalized spacial score (nSPS) is 27.4. The van der Waals surface area contributed by atoms with E-state index in [9.17, 15) is 4.39 Å². The summed E-state index contributed by atoms with van der Waals surface area (Å²) in [5.74, 6) is 0.652. The van der Waals surface area contributed by atoms with Gasteiger partial charge in [0, 0.05) is 16.2 Å². The highest BCUT2D eigenvalue weighted by atomic mass is 32.2. The topological polar surface area (TPSA) is 12.0 Å². The molecule has 1 fully saturated rings. The number of nitrogens with one attached hydrogen (secondary N) is 1. The summed E-state index contributed by atoms with van der Waals surface area (Å²) < 4.78 is 12.9. The van der Waals surface area contributed by atoms with Crippen LogP contribution in [0.5, 0.6) is 0 Å². The molecule has 1 aliphatic carbocycles. The fourth-order valence-corrected chi connectivity index (χ4v) is 4.17. The largest absolute Gasteiger partial charge is 0.313 e. The standard InChI is InChI=1S/C16H24FNS/c1-3-10-18-15-9-4-12(2)11-16(15)19-14-7-5-13(17)6-8-14/h5-8,12,15-16,18H,3-4,9-11H2,1-2H3. The summed E-state index contributed by atoms with van der Waals surface area (Å²) in [6.45, 7) is 5.65. The number of rotatable bonds is 5. The smallest absolute Gasteiger partial charge is 0.123 e. The lowest BCUT2D eigenvalue weighted by Gasteiger charge is -2.35. The Labute approximate surface area is 120 Å². The number of halogens is 1. The van der Waals surface area contributed by atoms with E-state index in [1.165, 1.54) is 30.6 Å². The van der Waals surface area contributed by atoms with Gasteiger partial charge in [-0.15, -0.1) is 11.8 Å². The van der Waals surface area contributed by atoms with Crippen molar-refractivity contribution in [1.82, 2.24) is 5.32 Å². The molecular weight excluding hydrogens is 257 g/mol. The first-order valence-corrected chi connectivity index (χ1v) is 8.22. The molecule has 0 aromatic heterocycles. The average Bonchev–Trinajstić information content (AvgIpc) is 2.40. The van der Waals surface area contributed by atoms with Gasteiger partial charge in [0.05, 0.1) is 0 Å². The summed E-state index contributed by atoms with van der Waals surface area (Å²) >= 11 is 1.91. The van der Waals surface area contributed by atoms with E-state index in [2.05, 4.69) is 19.2 Å². The van der Waals surface area contributed by atoms with Gasteiger partial charge in [-0.25, -0.2) is 4.39 Å². The first-order valence-electron chi connectivity index (χ1n) is 7.34. The van der Waals surface area contributed by atoms with Crippen LogP contribution < -0.4 is 5.32 Å². The zero-order chi connectivity index (χ0) is 13.7. The zero-order valence-corrected chi connectivity index (χ0v) is 12.7. The first kappa shape index (κ1) is 14.9. The molecule has 0 aliphatic heterocycles. The number of benzene rings is 1. The molecule has 0 heterocycles. The predicted molar refractivity (Wildman–Crippen MR) is 81.1 cm³/mol. The Morgan fingerprint density at radius 1 is 1.26 bits per heavy atom. The minimum Gasteiger partial charge on any atom is -0.313 e. The van der Waals surface area contributed by atoms with Crippen LogP contribution in [0.2, 0.25) is 0 Å². The molecule has 1 saturated carbocycles. The third kappa shape index (κ3) is 4.50. The SMILES string of the molecule is CCCNC1CCC(C)CC1Sc1ccc(F)cc1. The van der Waals surface area contributed by atoms with Crippen molar-refractivity contribution in [3.63, 3.8) is 0 Å². The summed E-state index contributed by atoms with van der Waals surface area (Å²) in [5.41, 5.74) is 0. The van der Waals surface area contributed by atoms with Gasteiger partial charge < -0.3 is 5.32 Å². The van der Waals surface area contributed by atoms with Crippen LogP contribution in [-0.4, -0.2) is 17.8 Å². The second-order valence-electron chi connectivity index (χ2n) is 5.59. The van der Waals surface area contributed by atoms with Gasteiger partial charge in [-0.3, -0.25) is 0 Å². The minimum absolute atomic E-state index is 0.151. The lowest BCUT2D eigenvalue weighted by atomic mass is 9.87. The fraction of sp³-hybridized carbons (Fsp3) is 0.625. The van der Waals surface area contributed by atoms with Crippen molar-refractivity contribution < 1.29 is 4.39 Å². The van der Waals surface area contributed by atoms with Crippen molar-refractivity contribution >= 4 is 11.8 Å². The summed E-state index contributed by atoms with van der Waals surface area (Å²) in [7, 11) is 0. The second kappa shape index (κ2) is 7.30. The van der Waals surface area contributed by atoms with Crippen molar-refractivity contribution in [3.8, 4) is 0 Å². The first-order chi connectivity index (χ1) is 9.19. The van der Waals surface area contributed by atoms with E-state index < -0.39 is 0 Å². The van der Waals surface area contributed by atoms with Gasteiger partial charge in [-0.2, -0.15) is 0 Å². The molecular formula is C16H24FNS. The molecule has 0 spiro atoms. The Balaban J connectivity index is 1.98. The van der Waals surface area contributed by atoms with Gasteiger partial charge in [0.25, 0.3) is 0 Å². The van der Waals surface area contributed by atoms with Crippen LogP contribution >= 0.6 is 11.8 Å². The van der Waals surface area contributed by atoms with Crippen LogP contribution in [0.15, 0.2) is 29.2 Å². The van der Waals surface area contributed by atoms with Gasteiger partial charge in [-0.1, -0.05) is 13.8 Å². The highest BCUT2D eigenvalue weighted by molar-refractivity contribution is 8.00. The Morgan fingerprint density at radius 2 is 2.00 bits per heavy atom. The van der Waals surface area contributed by atoms with Crippen LogP contribution in [0, 0.1) is 11.7 Å². The van der Waals surface area contributed by atoms with Gasteiger partial charge in [0.2, 0.25) is 0 Å². The van der Waals surface area contributed by atoms with E-state index in [0.29, 0.717) is 11.3 Å². The number of hydrogen-bond donors (Lipinski definition) is 1. The molecule has 106 valence electrons. The van der Waals surface area contributed by atoms with Crippen LogP contribution in [0.1, 0.15) is 39.5 Å². The number of thioether (sulfide) groups is 1. The fourth-order valence-electron chi connectivity index (χ4n) is 2.71. The maximum absolute atomic E-state index is 12.9. The maximum Gasteiger partial charge on any atom is 0.123 e. The van der Waals surface area contributed by atoms with E-state index in [0.717, 1.165) is 12.5 Å². The predicted octanol–water partition coefficient (Wildman–Crippen LogP) is 4.47. The summed E-state index contributed by atoms with van der Waals surface area (Å²) in [4.78, 5) is 1.18. The van der Waals surface area contributed by atoms with Crippen molar-refractivity contribution in [2.45, 2.75) is 55.7 Å². The summed E-state index contributed by atoms with van der Waals surface area (Å²) in [6, 6.07) is 7.52. The van der Waals surface area contributed by atoms with Crippen LogP contribution in [0.3, 0.4) is 0 Å². The Hall–Kier alpha value is -0.540. The van der Waals surface area contributed by atoms with Crippen LogP contribution in [-0.2, 0) is 0 Å². The van der Waals surface area contributed by atoms with Crippen molar-refractivity contribution in [1.29, 1.82) is 0 Å².